The number of halogens is 4. The molecule has 0 radical (unpaired) electrons. The predicted octanol–water partition coefficient (Wildman–Crippen LogP) is 5.07. The minimum Gasteiger partial charge on any atom is -0.488 e. The Bertz CT molecular complexity index is 773. The number of methoxy groups -OCH3 is 1. The van der Waals surface area contributed by atoms with Gasteiger partial charge in [-0.05, 0) is 30.7 Å². The van der Waals surface area contributed by atoms with Crippen molar-refractivity contribution in [3.8, 4) is 5.75 Å². The first-order chi connectivity index (χ1) is 11.7. The van der Waals surface area contributed by atoms with Crippen molar-refractivity contribution in [1.29, 1.82) is 0 Å². The molecule has 0 aliphatic heterocycles. The number of hydrogen-bond donors (Lipinski definition) is 0. The molecule has 0 atom stereocenters. The minimum absolute atomic E-state index is 0.00859. The van der Waals surface area contributed by atoms with Crippen LogP contribution in [0.5, 0.6) is 5.75 Å². The zero-order valence-electron chi connectivity index (χ0n) is 13.6. The number of hydrogen-bond acceptors (Lipinski definition) is 3. The normalized spacial score (nSPS) is 11.3. The van der Waals surface area contributed by atoms with Gasteiger partial charge in [-0.25, -0.2) is 0 Å². The second kappa shape index (κ2) is 7.91. The third kappa shape index (κ3) is 4.98. The maximum atomic E-state index is 13.2. The third-order valence-corrected chi connectivity index (χ3v) is 4.33. The van der Waals surface area contributed by atoms with E-state index < -0.39 is 17.7 Å². The van der Waals surface area contributed by atoms with E-state index in [4.69, 9.17) is 4.74 Å². The van der Waals surface area contributed by atoms with E-state index in [1.165, 1.54) is 13.2 Å². The molecule has 0 heterocycles. The summed E-state index contributed by atoms with van der Waals surface area (Å²) < 4.78 is 50.3. The highest BCUT2D eigenvalue weighted by Crippen LogP contribution is 2.37. The molecule has 7 heteroatoms. The smallest absolute Gasteiger partial charge is 0.419 e. The molecule has 2 aromatic carbocycles. The van der Waals surface area contributed by atoms with Gasteiger partial charge in [0, 0.05) is 10.0 Å². The van der Waals surface area contributed by atoms with Crippen LogP contribution in [-0.2, 0) is 28.7 Å². The molecular formula is C18H16BrF3O3. The molecule has 0 amide bonds. The van der Waals surface area contributed by atoms with Crippen LogP contribution in [0.3, 0.4) is 0 Å². The van der Waals surface area contributed by atoms with E-state index in [1.807, 2.05) is 0 Å². The predicted molar refractivity (Wildman–Crippen MR) is 90.4 cm³/mol. The number of aryl methyl sites for hydroxylation is 1. The van der Waals surface area contributed by atoms with Gasteiger partial charge in [0.05, 0.1) is 19.1 Å². The highest BCUT2D eigenvalue weighted by atomic mass is 79.9. The lowest BCUT2D eigenvalue weighted by atomic mass is 10.1. The first-order valence-electron chi connectivity index (χ1n) is 7.36. The first kappa shape index (κ1) is 19.3. The molecule has 2 rings (SSSR count). The molecule has 0 aliphatic carbocycles. The molecule has 3 nitrogen and oxygen atoms in total. The fourth-order valence-corrected chi connectivity index (χ4v) is 2.82. The largest absolute Gasteiger partial charge is 0.488 e. The van der Waals surface area contributed by atoms with E-state index in [2.05, 4.69) is 20.7 Å². The summed E-state index contributed by atoms with van der Waals surface area (Å²) in [5, 5.41) is 0. The molecule has 0 fully saturated rings. The van der Waals surface area contributed by atoms with Gasteiger partial charge in [0.15, 0.2) is 0 Å². The fraction of sp³-hybridized carbons (Fsp3) is 0.278. The number of benzene rings is 2. The van der Waals surface area contributed by atoms with Crippen LogP contribution in [0.15, 0.2) is 40.9 Å². The standard InChI is InChI=1S/C18H16BrF3O3/c1-11-6-7-16(14(8-11)18(20,21)22)25-10-13-12(9-17(23)24-2)4-3-5-15(13)19/h3-8H,9-10H2,1-2H3. The van der Waals surface area contributed by atoms with Crippen LogP contribution in [0.25, 0.3) is 0 Å². The lowest BCUT2D eigenvalue weighted by molar-refractivity contribution is -0.140. The summed E-state index contributed by atoms with van der Waals surface area (Å²) in [6, 6.07) is 9.08. The Kier molecular flexibility index (Phi) is 6.11. The van der Waals surface area contributed by atoms with Crippen LogP contribution >= 0.6 is 15.9 Å². The molecule has 0 aliphatic rings. The van der Waals surface area contributed by atoms with Crippen molar-refractivity contribution in [2.24, 2.45) is 0 Å². The quantitative estimate of drug-likeness (QED) is 0.638. The van der Waals surface area contributed by atoms with E-state index in [-0.39, 0.29) is 18.8 Å². The van der Waals surface area contributed by atoms with Crippen LogP contribution in [0.4, 0.5) is 13.2 Å². The molecule has 25 heavy (non-hydrogen) atoms. The number of rotatable bonds is 5. The van der Waals surface area contributed by atoms with Crippen LogP contribution in [0.1, 0.15) is 22.3 Å². The molecule has 0 saturated heterocycles. The van der Waals surface area contributed by atoms with Gasteiger partial charge in [-0.1, -0.05) is 39.7 Å². The zero-order valence-corrected chi connectivity index (χ0v) is 15.2. The SMILES string of the molecule is COC(=O)Cc1cccc(Br)c1COc1ccc(C)cc1C(F)(F)F. The summed E-state index contributed by atoms with van der Waals surface area (Å²) in [5.74, 6) is -0.691. The van der Waals surface area contributed by atoms with Gasteiger partial charge in [0.1, 0.15) is 12.4 Å². The van der Waals surface area contributed by atoms with E-state index in [9.17, 15) is 18.0 Å². The highest BCUT2D eigenvalue weighted by Gasteiger charge is 2.34. The van der Waals surface area contributed by atoms with Gasteiger partial charge < -0.3 is 9.47 Å². The molecule has 0 unspecified atom stereocenters. The zero-order chi connectivity index (χ0) is 18.6. The lowest BCUT2D eigenvalue weighted by Crippen LogP contribution is -2.11. The van der Waals surface area contributed by atoms with Crippen molar-refractivity contribution in [1.82, 2.24) is 0 Å². The lowest BCUT2D eigenvalue weighted by Gasteiger charge is -2.16. The van der Waals surface area contributed by atoms with E-state index in [0.29, 0.717) is 21.2 Å². The van der Waals surface area contributed by atoms with E-state index >= 15 is 0 Å². The third-order valence-electron chi connectivity index (χ3n) is 3.59. The average molecular weight is 417 g/mol. The Morgan fingerprint density at radius 2 is 1.92 bits per heavy atom. The number of carbonyl (C=O) groups is 1. The number of alkyl halides is 3. The van der Waals surface area contributed by atoms with Gasteiger partial charge in [-0.3, -0.25) is 4.79 Å². The Labute approximate surface area is 151 Å². The second-order valence-corrected chi connectivity index (χ2v) is 6.27. The molecule has 0 N–H and O–H groups in total. The van der Waals surface area contributed by atoms with Crippen LogP contribution < -0.4 is 4.74 Å². The fourth-order valence-electron chi connectivity index (χ4n) is 2.30. The summed E-state index contributed by atoms with van der Waals surface area (Å²) >= 11 is 3.35. The van der Waals surface area contributed by atoms with Crippen molar-refractivity contribution in [2.45, 2.75) is 26.1 Å². The monoisotopic (exact) mass is 416 g/mol. The van der Waals surface area contributed by atoms with Crippen LogP contribution in [-0.4, -0.2) is 13.1 Å². The number of esters is 1. The summed E-state index contributed by atoms with van der Waals surface area (Å²) in [7, 11) is 1.28. The summed E-state index contributed by atoms with van der Waals surface area (Å²) in [5.41, 5.74) is 0.893. The topological polar surface area (TPSA) is 35.5 Å². The minimum atomic E-state index is -4.51. The summed E-state index contributed by atoms with van der Waals surface area (Å²) in [6.45, 7) is 1.47. The van der Waals surface area contributed by atoms with Crippen LogP contribution in [0.2, 0.25) is 0 Å². The van der Waals surface area contributed by atoms with Crippen molar-refractivity contribution in [3.05, 3.63) is 63.1 Å². The molecule has 2 aromatic rings. The van der Waals surface area contributed by atoms with Gasteiger partial charge in [-0.2, -0.15) is 13.2 Å². The maximum absolute atomic E-state index is 13.2. The molecule has 0 bridgehead atoms. The molecule has 0 aromatic heterocycles. The van der Waals surface area contributed by atoms with Crippen molar-refractivity contribution >= 4 is 21.9 Å². The van der Waals surface area contributed by atoms with Crippen LogP contribution in [0, 0.1) is 6.92 Å². The van der Waals surface area contributed by atoms with E-state index in [1.54, 1.807) is 31.2 Å². The molecule has 134 valence electrons. The molecular weight excluding hydrogens is 401 g/mol. The summed E-state index contributed by atoms with van der Waals surface area (Å²) in [6.07, 6.45) is -4.50. The van der Waals surface area contributed by atoms with Crippen molar-refractivity contribution < 1.29 is 27.4 Å². The Morgan fingerprint density at radius 3 is 2.56 bits per heavy atom. The second-order valence-electron chi connectivity index (χ2n) is 5.42. The average Bonchev–Trinajstić information content (AvgIpc) is 2.54. The van der Waals surface area contributed by atoms with Gasteiger partial charge in [0.2, 0.25) is 0 Å². The Morgan fingerprint density at radius 1 is 1.20 bits per heavy atom. The summed E-state index contributed by atoms with van der Waals surface area (Å²) in [4.78, 5) is 11.5. The Balaban J connectivity index is 2.29. The molecule has 0 spiro atoms. The molecule has 0 saturated carbocycles. The van der Waals surface area contributed by atoms with Crippen molar-refractivity contribution in [3.63, 3.8) is 0 Å². The van der Waals surface area contributed by atoms with Gasteiger partial charge in [0.25, 0.3) is 0 Å². The maximum Gasteiger partial charge on any atom is 0.419 e. The van der Waals surface area contributed by atoms with Gasteiger partial charge in [-0.15, -0.1) is 0 Å². The van der Waals surface area contributed by atoms with Crippen molar-refractivity contribution in [2.75, 3.05) is 7.11 Å². The van der Waals surface area contributed by atoms with E-state index in [0.717, 1.165) is 6.07 Å². The first-order valence-corrected chi connectivity index (χ1v) is 8.15. The van der Waals surface area contributed by atoms with Gasteiger partial charge >= 0.3 is 12.1 Å². The highest BCUT2D eigenvalue weighted by molar-refractivity contribution is 9.10. The number of carbonyl (C=O) groups excluding carboxylic acids is 1. The number of ether oxygens (including phenoxy) is 2. The Hall–Kier alpha value is -2.02.